The molecule has 6 heteroatoms. The molecular formula is C23H32N4O2. The number of hydrogen-bond acceptors (Lipinski definition) is 5. The highest BCUT2D eigenvalue weighted by Crippen LogP contribution is 2.29. The van der Waals surface area contributed by atoms with E-state index in [2.05, 4.69) is 21.8 Å². The van der Waals surface area contributed by atoms with E-state index in [0.29, 0.717) is 12.0 Å². The molecule has 29 heavy (non-hydrogen) atoms. The highest BCUT2D eigenvalue weighted by molar-refractivity contribution is 6.06. The van der Waals surface area contributed by atoms with Crippen molar-refractivity contribution in [3.05, 3.63) is 42.2 Å². The van der Waals surface area contributed by atoms with Crippen LogP contribution in [0.15, 0.2) is 36.7 Å². The summed E-state index contributed by atoms with van der Waals surface area (Å²) in [6, 6.07) is 8.32. The lowest BCUT2D eigenvalue weighted by molar-refractivity contribution is 0.0218. The first-order valence-corrected chi connectivity index (χ1v) is 10.8. The molecule has 1 aromatic heterocycles. The highest BCUT2D eigenvalue weighted by atomic mass is 16.3. The largest absolute Gasteiger partial charge is 0.396 e. The minimum absolute atomic E-state index is 0.118. The predicted octanol–water partition coefficient (Wildman–Crippen LogP) is 2.09. The van der Waals surface area contributed by atoms with Crippen LogP contribution in [-0.2, 0) is 0 Å². The number of piperidine rings is 1. The van der Waals surface area contributed by atoms with Crippen LogP contribution in [0.5, 0.6) is 0 Å². The van der Waals surface area contributed by atoms with E-state index >= 15 is 0 Å². The third kappa shape index (κ3) is 4.44. The molecule has 0 aliphatic carbocycles. The molecule has 1 aromatic carbocycles. The molecule has 1 amide bonds. The van der Waals surface area contributed by atoms with Gasteiger partial charge in [0.15, 0.2) is 0 Å². The third-order valence-corrected chi connectivity index (χ3v) is 6.63. The van der Waals surface area contributed by atoms with Gasteiger partial charge < -0.3 is 14.9 Å². The standard InChI is InChI=1S/C23H32N4O2/c1-25-11-13-26(14-12-25)22-8-10-27(17-19(22)5-3-15-28)23(29)21-6-2-4-18-16-24-9-7-20(18)21/h2,4,6-7,9,16,19,22,28H,3,5,8,10-15,17H2,1H3. The lowest BCUT2D eigenvalue weighted by Crippen LogP contribution is -2.56. The number of likely N-dealkylation sites (N-methyl/N-ethyl adjacent to an activating group) is 1. The number of aromatic nitrogens is 1. The SMILES string of the molecule is CN1CCN(C2CCN(C(=O)c3cccc4cnccc34)CC2CCCO)CC1. The molecule has 0 spiro atoms. The van der Waals surface area contributed by atoms with Gasteiger partial charge in [-0.05, 0) is 49.7 Å². The summed E-state index contributed by atoms with van der Waals surface area (Å²) < 4.78 is 0. The molecule has 0 bridgehead atoms. The fourth-order valence-corrected chi connectivity index (χ4v) is 4.96. The van der Waals surface area contributed by atoms with Crippen molar-refractivity contribution in [2.24, 2.45) is 5.92 Å². The van der Waals surface area contributed by atoms with Crippen LogP contribution >= 0.6 is 0 Å². The molecule has 2 aliphatic rings. The van der Waals surface area contributed by atoms with Crippen molar-refractivity contribution in [1.82, 2.24) is 19.7 Å². The molecule has 3 heterocycles. The van der Waals surface area contributed by atoms with Crippen LogP contribution < -0.4 is 0 Å². The molecule has 2 fully saturated rings. The number of rotatable bonds is 5. The van der Waals surface area contributed by atoms with Crippen molar-refractivity contribution in [3.63, 3.8) is 0 Å². The second kappa shape index (κ2) is 9.20. The Labute approximate surface area is 173 Å². The molecule has 0 saturated carbocycles. The van der Waals surface area contributed by atoms with Crippen LogP contribution in [0.1, 0.15) is 29.6 Å². The van der Waals surface area contributed by atoms with E-state index in [1.165, 1.54) is 0 Å². The van der Waals surface area contributed by atoms with E-state index in [4.69, 9.17) is 0 Å². The lowest BCUT2D eigenvalue weighted by Gasteiger charge is -2.46. The van der Waals surface area contributed by atoms with Crippen molar-refractivity contribution in [2.45, 2.75) is 25.3 Å². The Kier molecular flexibility index (Phi) is 6.43. The van der Waals surface area contributed by atoms with Crippen molar-refractivity contribution in [2.75, 3.05) is 52.9 Å². The molecule has 2 atom stereocenters. The molecule has 1 N–H and O–H groups in total. The zero-order valence-corrected chi connectivity index (χ0v) is 17.3. The minimum atomic E-state index is 0.118. The average molecular weight is 397 g/mol. The van der Waals surface area contributed by atoms with Crippen molar-refractivity contribution >= 4 is 16.7 Å². The number of pyridine rings is 1. The summed E-state index contributed by atoms with van der Waals surface area (Å²) in [5.41, 5.74) is 0.767. The zero-order valence-electron chi connectivity index (χ0n) is 17.3. The molecule has 2 saturated heterocycles. The predicted molar refractivity (Wildman–Crippen MR) is 115 cm³/mol. The Balaban J connectivity index is 1.51. The topological polar surface area (TPSA) is 59.9 Å². The zero-order chi connectivity index (χ0) is 20.2. The summed E-state index contributed by atoms with van der Waals surface area (Å²) in [7, 11) is 2.18. The van der Waals surface area contributed by atoms with Crippen LogP contribution in [-0.4, -0.2) is 89.7 Å². The number of fused-ring (bicyclic) bond motifs is 1. The first kappa shape index (κ1) is 20.3. The molecular weight excluding hydrogens is 364 g/mol. The van der Waals surface area contributed by atoms with Gasteiger partial charge in [0.25, 0.3) is 5.91 Å². The Morgan fingerprint density at radius 3 is 2.79 bits per heavy atom. The summed E-state index contributed by atoms with van der Waals surface area (Å²) in [5, 5.41) is 11.4. The van der Waals surface area contributed by atoms with Crippen LogP contribution in [0.25, 0.3) is 10.8 Å². The van der Waals surface area contributed by atoms with E-state index in [1.807, 2.05) is 35.4 Å². The second-order valence-corrected chi connectivity index (χ2v) is 8.47. The van der Waals surface area contributed by atoms with Crippen LogP contribution in [0.4, 0.5) is 0 Å². The molecule has 6 nitrogen and oxygen atoms in total. The summed E-state index contributed by atoms with van der Waals surface area (Å²) in [6.07, 6.45) is 6.35. The normalized spacial score (nSPS) is 24.1. The molecule has 0 radical (unpaired) electrons. The maximum atomic E-state index is 13.4. The van der Waals surface area contributed by atoms with Gasteiger partial charge in [-0.1, -0.05) is 12.1 Å². The van der Waals surface area contributed by atoms with Gasteiger partial charge in [0.05, 0.1) is 0 Å². The maximum absolute atomic E-state index is 13.4. The number of nitrogens with zero attached hydrogens (tertiary/aromatic N) is 4. The first-order chi connectivity index (χ1) is 14.2. The Morgan fingerprint density at radius 1 is 1.17 bits per heavy atom. The van der Waals surface area contributed by atoms with Crippen LogP contribution in [0, 0.1) is 5.92 Å². The van der Waals surface area contributed by atoms with E-state index in [9.17, 15) is 9.90 Å². The lowest BCUT2D eigenvalue weighted by atomic mass is 9.86. The molecule has 2 aliphatic heterocycles. The van der Waals surface area contributed by atoms with Gasteiger partial charge in [-0.3, -0.25) is 14.7 Å². The first-order valence-electron chi connectivity index (χ1n) is 10.8. The summed E-state index contributed by atoms with van der Waals surface area (Å²) in [4.78, 5) is 24.6. The van der Waals surface area contributed by atoms with Gasteiger partial charge in [0, 0.05) is 75.3 Å². The number of benzene rings is 1. The number of carbonyl (C=O) groups is 1. The Bertz CT molecular complexity index is 829. The second-order valence-electron chi connectivity index (χ2n) is 8.47. The Hall–Kier alpha value is -2.02. The number of amides is 1. The van der Waals surface area contributed by atoms with Gasteiger partial charge >= 0.3 is 0 Å². The quantitative estimate of drug-likeness (QED) is 0.839. The number of piperazine rings is 1. The van der Waals surface area contributed by atoms with Gasteiger partial charge in [-0.2, -0.15) is 0 Å². The third-order valence-electron chi connectivity index (χ3n) is 6.63. The molecule has 2 unspecified atom stereocenters. The average Bonchev–Trinajstić information content (AvgIpc) is 2.77. The summed E-state index contributed by atoms with van der Waals surface area (Å²) >= 11 is 0. The minimum Gasteiger partial charge on any atom is -0.396 e. The van der Waals surface area contributed by atoms with Gasteiger partial charge in [0.2, 0.25) is 0 Å². The maximum Gasteiger partial charge on any atom is 0.254 e. The molecule has 156 valence electrons. The Morgan fingerprint density at radius 2 is 2.00 bits per heavy atom. The van der Waals surface area contributed by atoms with Crippen molar-refractivity contribution in [3.8, 4) is 0 Å². The van der Waals surface area contributed by atoms with Gasteiger partial charge in [0.1, 0.15) is 0 Å². The number of carbonyl (C=O) groups excluding carboxylic acids is 1. The number of hydrogen-bond donors (Lipinski definition) is 1. The van der Waals surface area contributed by atoms with Gasteiger partial charge in [-0.15, -0.1) is 0 Å². The summed E-state index contributed by atoms with van der Waals surface area (Å²) in [6.45, 7) is 6.20. The van der Waals surface area contributed by atoms with E-state index in [-0.39, 0.29) is 12.5 Å². The smallest absolute Gasteiger partial charge is 0.254 e. The fourth-order valence-electron chi connectivity index (χ4n) is 4.96. The van der Waals surface area contributed by atoms with Crippen LogP contribution in [0.2, 0.25) is 0 Å². The number of aliphatic hydroxyl groups excluding tert-OH is 1. The van der Waals surface area contributed by atoms with E-state index in [1.54, 1.807) is 6.20 Å². The van der Waals surface area contributed by atoms with Crippen molar-refractivity contribution < 1.29 is 9.90 Å². The highest BCUT2D eigenvalue weighted by Gasteiger charge is 2.36. The molecule has 4 rings (SSSR count). The van der Waals surface area contributed by atoms with E-state index in [0.717, 1.165) is 74.9 Å². The molecule has 2 aromatic rings. The van der Waals surface area contributed by atoms with E-state index < -0.39 is 0 Å². The monoisotopic (exact) mass is 396 g/mol. The fraction of sp³-hybridized carbons (Fsp3) is 0.565. The number of aliphatic hydroxyl groups is 1. The summed E-state index contributed by atoms with van der Waals surface area (Å²) in [5.74, 6) is 0.535. The van der Waals surface area contributed by atoms with Gasteiger partial charge in [-0.25, -0.2) is 0 Å². The van der Waals surface area contributed by atoms with Crippen molar-refractivity contribution in [1.29, 1.82) is 0 Å². The van der Waals surface area contributed by atoms with Crippen LogP contribution in [0.3, 0.4) is 0 Å². The number of likely N-dealkylation sites (tertiary alicyclic amines) is 1.